The Kier molecular flexibility index (Phi) is 5.75. The van der Waals surface area contributed by atoms with Crippen LogP contribution in [0.3, 0.4) is 0 Å². The molecule has 0 bridgehead atoms. The van der Waals surface area contributed by atoms with Crippen LogP contribution in [0.1, 0.15) is 28.7 Å². The summed E-state index contributed by atoms with van der Waals surface area (Å²) in [4.78, 5) is 33.6. The first-order chi connectivity index (χ1) is 15.0. The minimum atomic E-state index is -0.266. The summed E-state index contributed by atoms with van der Waals surface area (Å²) in [6, 6.07) is 18.0. The van der Waals surface area contributed by atoms with Crippen molar-refractivity contribution in [2.75, 3.05) is 5.32 Å². The molecule has 4 aromatic rings. The lowest BCUT2D eigenvalue weighted by atomic mass is 10.1. The van der Waals surface area contributed by atoms with Gasteiger partial charge >= 0.3 is 0 Å². The van der Waals surface area contributed by atoms with E-state index in [0.29, 0.717) is 46.9 Å². The van der Waals surface area contributed by atoms with E-state index in [4.69, 9.17) is 4.74 Å². The van der Waals surface area contributed by atoms with E-state index in [1.807, 2.05) is 37.3 Å². The van der Waals surface area contributed by atoms with E-state index in [1.54, 1.807) is 48.0 Å². The maximum absolute atomic E-state index is 12.8. The molecule has 0 aliphatic heterocycles. The summed E-state index contributed by atoms with van der Waals surface area (Å²) in [5, 5.41) is 2.89. The van der Waals surface area contributed by atoms with Gasteiger partial charge in [-0.05, 0) is 56.3 Å². The lowest BCUT2D eigenvalue weighted by Crippen LogP contribution is -2.23. The van der Waals surface area contributed by atoms with Gasteiger partial charge in [0.05, 0.1) is 16.7 Å². The Morgan fingerprint density at radius 1 is 1.10 bits per heavy atom. The van der Waals surface area contributed by atoms with Crippen molar-refractivity contribution in [3.05, 3.63) is 94.2 Å². The Morgan fingerprint density at radius 2 is 1.97 bits per heavy atom. The van der Waals surface area contributed by atoms with E-state index in [9.17, 15) is 9.59 Å². The largest absolute Gasteiger partial charge is 0.487 e. The van der Waals surface area contributed by atoms with Crippen LogP contribution < -0.4 is 15.6 Å². The predicted molar refractivity (Wildman–Crippen MR) is 119 cm³/mol. The Morgan fingerprint density at radius 3 is 2.74 bits per heavy atom. The molecule has 1 N–H and O–H groups in total. The van der Waals surface area contributed by atoms with Gasteiger partial charge in [-0.2, -0.15) is 0 Å². The molecule has 2 aromatic carbocycles. The van der Waals surface area contributed by atoms with Gasteiger partial charge in [0.15, 0.2) is 0 Å². The number of carbonyl (C=O) groups excluding carboxylic acids is 1. The molecule has 0 spiro atoms. The first kappa shape index (κ1) is 20.3. The van der Waals surface area contributed by atoms with Crippen molar-refractivity contribution < 1.29 is 9.53 Å². The number of benzene rings is 2. The van der Waals surface area contributed by atoms with Crippen molar-refractivity contribution in [1.29, 1.82) is 0 Å². The number of rotatable bonds is 6. The van der Waals surface area contributed by atoms with Crippen LogP contribution in [0.4, 0.5) is 5.69 Å². The van der Waals surface area contributed by atoms with Crippen LogP contribution in [0.2, 0.25) is 0 Å². The summed E-state index contributed by atoms with van der Waals surface area (Å²) in [5.41, 5.74) is 3.51. The number of aromatic nitrogens is 3. The molecule has 0 saturated heterocycles. The number of hydrogen-bond acceptors (Lipinski definition) is 5. The molecule has 0 saturated carbocycles. The zero-order chi connectivity index (χ0) is 21.8. The normalized spacial score (nSPS) is 10.8. The quantitative estimate of drug-likeness (QED) is 0.516. The molecule has 31 heavy (non-hydrogen) atoms. The molecule has 7 nitrogen and oxygen atoms in total. The van der Waals surface area contributed by atoms with Crippen molar-refractivity contribution >= 4 is 22.6 Å². The number of hydrogen-bond donors (Lipinski definition) is 1. The Hall–Kier alpha value is -4.00. The SMILES string of the molecule is CCn1c(=O)c(C)nc2cc(C(=O)Nc3cccc(OCc4ccccn4)c3)ccc21. The lowest BCUT2D eigenvalue weighted by molar-refractivity contribution is 0.102. The van der Waals surface area contributed by atoms with Crippen molar-refractivity contribution in [2.24, 2.45) is 0 Å². The summed E-state index contributed by atoms with van der Waals surface area (Å²) >= 11 is 0. The number of carbonyl (C=O) groups is 1. The van der Waals surface area contributed by atoms with Gasteiger partial charge in [-0.15, -0.1) is 0 Å². The summed E-state index contributed by atoms with van der Waals surface area (Å²) < 4.78 is 7.43. The number of aryl methyl sites for hydroxylation is 2. The third-order valence-corrected chi connectivity index (χ3v) is 4.89. The zero-order valence-corrected chi connectivity index (χ0v) is 17.3. The molecule has 0 atom stereocenters. The molecule has 1 amide bonds. The highest BCUT2D eigenvalue weighted by Crippen LogP contribution is 2.20. The first-order valence-corrected chi connectivity index (χ1v) is 10.0. The minimum Gasteiger partial charge on any atom is -0.487 e. The zero-order valence-electron chi connectivity index (χ0n) is 17.3. The number of ether oxygens (including phenoxy) is 1. The summed E-state index contributed by atoms with van der Waals surface area (Å²) in [5.74, 6) is 0.365. The van der Waals surface area contributed by atoms with E-state index < -0.39 is 0 Å². The summed E-state index contributed by atoms with van der Waals surface area (Å²) in [7, 11) is 0. The molecule has 2 heterocycles. The van der Waals surface area contributed by atoms with E-state index in [2.05, 4.69) is 15.3 Å². The molecule has 0 aliphatic carbocycles. The van der Waals surface area contributed by atoms with Gasteiger partial charge in [0.1, 0.15) is 18.1 Å². The molecule has 2 aromatic heterocycles. The van der Waals surface area contributed by atoms with Crippen LogP contribution in [0, 0.1) is 6.92 Å². The first-order valence-electron chi connectivity index (χ1n) is 10.0. The second kappa shape index (κ2) is 8.79. The van der Waals surface area contributed by atoms with Gasteiger partial charge in [-0.1, -0.05) is 12.1 Å². The third kappa shape index (κ3) is 4.45. The molecule has 4 rings (SSSR count). The Balaban J connectivity index is 1.52. The summed E-state index contributed by atoms with van der Waals surface area (Å²) in [6.07, 6.45) is 1.72. The highest BCUT2D eigenvalue weighted by atomic mass is 16.5. The fourth-order valence-electron chi connectivity index (χ4n) is 3.34. The number of nitrogens with one attached hydrogen (secondary N) is 1. The molecule has 156 valence electrons. The fraction of sp³-hybridized carbons (Fsp3) is 0.167. The van der Waals surface area contributed by atoms with Crippen molar-refractivity contribution in [2.45, 2.75) is 27.0 Å². The topological polar surface area (TPSA) is 86.1 Å². The van der Waals surface area contributed by atoms with Crippen molar-refractivity contribution in [3.63, 3.8) is 0 Å². The number of amides is 1. The van der Waals surface area contributed by atoms with E-state index in [-0.39, 0.29) is 11.5 Å². The van der Waals surface area contributed by atoms with E-state index >= 15 is 0 Å². The molecule has 0 aliphatic rings. The number of fused-ring (bicyclic) bond motifs is 1. The predicted octanol–water partition coefficient (Wildman–Crippen LogP) is 3.95. The second-order valence-electron chi connectivity index (χ2n) is 7.04. The number of nitrogens with zero attached hydrogens (tertiary/aromatic N) is 3. The second-order valence-corrected chi connectivity index (χ2v) is 7.04. The standard InChI is InChI=1S/C24H22N4O3/c1-3-28-22-11-10-17(13-21(22)26-16(2)24(28)30)23(29)27-18-8-6-9-20(14-18)31-15-19-7-4-5-12-25-19/h4-14H,3,15H2,1-2H3,(H,27,29). The average Bonchev–Trinajstić information content (AvgIpc) is 2.79. The maximum Gasteiger partial charge on any atom is 0.272 e. The lowest BCUT2D eigenvalue weighted by Gasteiger charge is -2.11. The van der Waals surface area contributed by atoms with Crippen LogP contribution in [-0.2, 0) is 13.2 Å². The molecular weight excluding hydrogens is 392 g/mol. The molecular formula is C24H22N4O3. The molecule has 0 radical (unpaired) electrons. The van der Waals surface area contributed by atoms with Gasteiger partial charge < -0.3 is 14.6 Å². The van der Waals surface area contributed by atoms with Gasteiger partial charge in [0.25, 0.3) is 11.5 Å². The number of anilines is 1. The average molecular weight is 414 g/mol. The molecule has 0 fully saturated rings. The molecule has 7 heteroatoms. The van der Waals surface area contributed by atoms with Crippen molar-refractivity contribution in [3.8, 4) is 5.75 Å². The number of pyridine rings is 1. The minimum absolute atomic E-state index is 0.116. The van der Waals surface area contributed by atoms with Gasteiger partial charge in [-0.25, -0.2) is 4.98 Å². The summed E-state index contributed by atoms with van der Waals surface area (Å²) in [6.45, 7) is 4.46. The maximum atomic E-state index is 12.8. The van der Waals surface area contributed by atoms with Crippen LogP contribution in [0.15, 0.2) is 71.7 Å². The van der Waals surface area contributed by atoms with Crippen LogP contribution in [0.5, 0.6) is 5.75 Å². The van der Waals surface area contributed by atoms with Crippen LogP contribution >= 0.6 is 0 Å². The Labute approximate surface area is 179 Å². The van der Waals surface area contributed by atoms with Crippen molar-refractivity contribution in [1.82, 2.24) is 14.5 Å². The van der Waals surface area contributed by atoms with Crippen LogP contribution in [0.25, 0.3) is 11.0 Å². The van der Waals surface area contributed by atoms with Gasteiger partial charge in [-0.3, -0.25) is 14.6 Å². The molecule has 0 unspecified atom stereocenters. The smallest absolute Gasteiger partial charge is 0.272 e. The third-order valence-electron chi connectivity index (χ3n) is 4.89. The fourth-order valence-corrected chi connectivity index (χ4v) is 3.34. The Bertz CT molecular complexity index is 1300. The van der Waals surface area contributed by atoms with Gasteiger partial charge in [0.2, 0.25) is 0 Å². The van der Waals surface area contributed by atoms with E-state index in [1.165, 1.54) is 0 Å². The highest BCUT2D eigenvalue weighted by Gasteiger charge is 2.12. The van der Waals surface area contributed by atoms with Gasteiger partial charge in [0, 0.05) is 30.1 Å². The monoisotopic (exact) mass is 414 g/mol. The highest BCUT2D eigenvalue weighted by molar-refractivity contribution is 6.06. The van der Waals surface area contributed by atoms with E-state index in [0.717, 1.165) is 5.69 Å². The van der Waals surface area contributed by atoms with Crippen LogP contribution in [-0.4, -0.2) is 20.4 Å².